The highest BCUT2D eigenvalue weighted by Crippen LogP contribution is 2.23. The van der Waals surface area contributed by atoms with Crippen LogP contribution in [-0.4, -0.2) is 23.2 Å². The van der Waals surface area contributed by atoms with Crippen LogP contribution in [0, 0.1) is 5.82 Å². The van der Waals surface area contributed by atoms with Crippen molar-refractivity contribution in [1.29, 1.82) is 0 Å². The maximum Gasteiger partial charge on any atom is 0.255 e. The number of benzene rings is 1. The molecule has 0 heterocycles. The van der Waals surface area contributed by atoms with Gasteiger partial charge in [0, 0.05) is 10.5 Å². The topological polar surface area (TPSA) is 49.3 Å². The van der Waals surface area contributed by atoms with Crippen LogP contribution in [0.15, 0.2) is 22.7 Å². The third-order valence-corrected chi connectivity index (χ3v) is 3.30. The van der Waals surface area contributed by atoms with Crippen LogP contribution in [0.25, 0.3) is 0 Å². The molecule has 86 valence electrons. The zero-order valence-electron chi connectivity index (χ0n) is 8.41. The van der Waals surface area contributed by atoms with Crippen LogP contribution in [0.1, 0.15) is 23.2 Å². The van der Waals surface area contributed by atoms with E-state index in [0.717, 1.165) is 0 Å². The minimum atomic E-state index is -0.549. The monoisotopic (exact) mass is 287 g/mol. The van der Waals surface area contributed by atoms with Gasteiger partial charge in [-0.05, 0) is 40.9 Å². The number of aliphatic hydroxyl groups is 1. The smallest absolute Gasteiger partial charge is 0.255 e. The summed E-state index contributed by atoms with van der Waals surface area (Å²) in [7, 11) is 0. The molecule has 0 unspecified atom stereocenters. The molecule has 1 aromatic rings. The molecule has 1 aromatic carbocycles. The Bertz CT molecular complexity index is 398. The number of rotatable bonds is 2. The first-order valence-electron chi connectivity index (χ1n) is 5.01. The predicted molar refractivity (Wildman–Crippen MR) is 60.6 cm³/mol. The lowest BCUT2D eigenvalue weighted by atomic mass is 9.89. The number of nitrogens with one attached hydrogen (secondary N) is 1. The Hall–Kier alpha value is -0.940. The van der Waals surface area contributed by atoms with Crippen LogP contribution < -0.4 is 5.32 Å². The van der Waals surface area contributed by atoms with Gasteiger partial charge in [0.25, 0.3) is 5.91 Å². The molecule has 0 aliphatic heterocycles. The molecular formula is C11H11BrFNO2. The van der Waals surface area contributed by atoms with E-state index in [-0.39, 0.29) is 17.7 Å². The van der Waals surface area contributed by atoms with Gasteiger partial charge in [0.15, 0.2) is 0 Å². The van der Waals surface area contributed by atoms with E-state index >= 15 is 0 Å². The second-order valence-corrected chi connectivity index (χ2v) is 4.75. The molecule has 1 fully saturated rings. The van der Waals surface area contributed by atoms with Crippen molar-refractivity contribution in [2.45, 2.75) is 25.0 Å². The molecule has 3 nitrogen and oxygen atoms in total. The van der Waals surface area contributed by atoms with Crippen LogP contribution in [0.2, 0.25) is 0 Å². The summed E-state index contributed by atoms with van der Waals surface area (Å²) in [6, 6.07) is 4.35. The van der Waals surface area contributed by atoms with E-state index in [1.807, 2.05) is 0 Å². The van der Waals surface area contributed by atoms with Gasteiger partial charge in [-0.3, -0.25) is 4.79 Å². The fourth-order valence-electron chi connectivity index (χ4n) is 1.68. The first-order chi connectivity index (χ1) is 7.58. The molecule has 0 spiro atoms. The average Bonchev–Trinajstić information content (AvgIpc) is 2.15. The van der Waals surface area contributed by atoms with E-state index in [1.54, 1.807) is 6.07 Å². The molecule has 5 heteroatoms. The highest BCUT2D eigenvalue weighted by atomic mass is 79.9. The fraction of sp³-hybridized carbons (Fsp3) is 0.364. The molecule has 0 saturated heterocycles. The second-order valence-electron chi connectivity index (χ2n) is 3.89. The summed E-state index contributed by atoms with van der Waals surface area (Å²) in [6.45, 7) is 0. The lowest BCUT2D eigenvalue weighted by molar-refractivity contribution is 0.0561. The van der Waals surface area contributed by atoms with Crippen molar-refractivity contribution in [1.82, 2.24) is 5.32 Å². The number of hydrogen-bond acceptors (Lipinski definition) is 2. The van der Waals surface area contributed by atoms with Gasteiger partial charge in [-0.25, -0.2) is 4.39 Å². The van der Waals surface area contributed by atoms with Gasteiger partial charge in [-0.1, -0.05) is 6.07 Å². The average molecular weight is 288 g/mol. The first kappa shape index (κ1) is 11.5. The molecule has 0 bridgehead atoms. The van der Waals surface area contributed by atoms with Crippen molar-refractivity contribution < 1.29 is 14.3 Å². The maximum absolute atomic E-state index is 13.4. The number of carbonyl (C=O) groups excluding carboxylic acids is 1. The number of carbonyl (C=O) groups is 1. The zero-order valence-corrected chi connectivity index (χ0v) is 10.00. The summed E-state index contributed by atoms with van der Waals surface area (Å²) >= 11 is 3.14. The third kappa shape index (κ3) is 2.25. The van der Waals surface area contributed by atoms with Gasteiger partial charge in [-0.2, -0.15) is 0 Å². The number of amides is 1. The Morgan fingerprint density at radius 2 is 2.19 bits per heavy atom. The van der Waals surface area contributed by atoms with Crippen molar-refractivity contribution in [3.8, 4) is 0 Å². The van der Waals surface area contributed by atoms with Gasteiger partial charge in [0.05, 0.1) is 11.7 Å². The summed E-state index contributed by atoms with van der Waals surface area (Å²) in [5.41, 5.74) is 0.0175. The Morgan fingerprint density at radius 1 is 1.50 bits per heavy atom. The SMILES string of the molecule is O=C(NC1CC(O)C1)c1c(F)cccc1Br. The lowest BCUT2D eigenvalue weighted by Gasteiger charge is -2.32. The summed E-state index contributed by atoms with van der Waals surface area (Å²) in [6.07, 6.45) is 0.740. The highest BCUT2D eigenvalue weighted by molar-refractivity contribution is 9.10. The molecule has 1 saturated carbocycles. The van der Waals surface area contributed by atoms with Gasteiger partial charge >= 0.3 is 0 Å². The van der Waals surface area contributed by atoms with Crippen LogP contribution in [0.4, 0.5) is 4.39 Å². The Morgan fingerprint density at radius 3 is 2.75 bits per heavy atom. The molecule has 16 heavy (non-hydrogen) atoms. The van der Waals surface area contributed by atoms with Crippen molar-refractivity contribution in [3.05, 3.63) is 34.1 Å². The number of hydrogen-bond donors (Lipinski definition) is 2. The van der Waals surface area contributed by atoms with E-state index in [4.69, 9.17) is 5.11 Å². The van der Waals surface area contributed by atoms with Crippen LogP contribution >= 0.6 is 15.9 Å². The van der Waals surface area contributed by atoms with Gasteiger partial charge in [-0.15, -0.1) is 0 Å². The minimum Gasteiger partial charge on any atom is -0.393 e. The fourth-order valence-corrected chi connectivity index (χ4v) is 2.20. The van der Waals surface area contributed by atoms with E-state index in [0.29, 0.717) is 17.3 Å². The van der Waals surface area contributed by atoms with E-state index in [1.165, 1.54) is 12.1 Å². The Balaban J connectivity index is 2.09. The molecule has 1 amide bonds. The van der Waals surface area contributed by atoms with Crippen molar-refractivity contribution >= 4 is 21.8 Å². The molecule has 0 radical (unpaired) electrons. The van der Waals surface area contributed by atoms with Crippen molar-refractivity contribution in [2.24, 2.45) is 0 Å². The number of aliphatic hydroxyl groups excluding tert-OH is 1. The van der Waals surface area contributed by atoms with Gasteiger partial charge in [0.1, 0.15) is 5.82 Å². The third-order valence-electron chi connectivity index (χ3n) is 2.64. The van der Waals surface area contributed by atoms with Crippen LogP contribution in [-0.2, 0) is 0 Å². The molecule has 0 aromatic heterocycles. The highest BCUT2D eigenvalue weighted by Gasteiger charge is 2.29. The molecule has 1 aliphatic rings. The largest absolute Gasteiger partial charge is 0.393 e. The Kier molecular flexibility index (Phi) is 3.25. The first-order valence-corrected chi connectivity index (χ1v) is 5.80. The molecular weight excluding hydrogens is 277 g/mol. The quantitative estimate of drug-likeness (QED) is 0.872. The standard InChI is InChI=1S/C11H11BrFNO2/c12-8-2-1-3-9(13)10(8)11(16)14-6-4-7(15)5-6/h1-3,6-7,15H,4-5H2,(H,14,16). The normalized spacial score (nSPS) is 23.7. The zero-order chi connectivity index (χ0) is 11.7. The van der Waals surface area contributed by atoms with Crippen LogP contribution in [0.5, 0.6) is 0 Å². The second kappa shape index (κ2) is 4.51. The van der Waals surface area contributed by atoms with Gasteiger partial charge < -0.3 is 10.4 Å². The van der Waals surface area contributed by atoms with Crippen molar-refractivity contribution in [3.63, 3.8) is 0 Å². The van der Waals surface area contributed by atoms with Crippen molar-refractivity contribution in [2.75, 3.05) is 0 Å². The molecule has 2 rings (SSSR count). The summed E-state index contributed by atoms with van der Waals surface area (Å²) in [5.74, 6) is -0.992. The van der Waals surface area contributed by atoms with E-state index < -0.39 is 11.7 Å². The summed E-state index contributed by atoms with van der Waals surface area (Å²) < 4.78 is 13.8. The summed E-state index contributed by atoms with van der Waals surface area (Å²) in [5, 5.41) is 11.8. The minimum absolute atomic E-state index is 0.0175. The Labute approximate surface area is 101 Å². The molecule has 1 aliphatic carbocycles. The maximum atomic E-state index is 13.4. The van der Waals surface area contributed by atoms with E-state index in [2.05, 4.69) is 21.2 Å². The lowest BCUT2D eigenvalue weighted by Crippen LogP contribution is -2.47. The van der Waals surface area contributed by atoms with E-state index in [9.17, 15) is 9.18 Å². The number of halogens is 2. The van der Waals surface area contributed by atoms with Gasteiger partial charge in [0.2, 0.25) is 0 Å². The molecule has 0 atom stereocenters. The predicted octanol–water partition coefficient (Wildman–Crippen LogP) is 1.84. The summed E-state index contributed by atoms with van der Waals surface area (Å²) in [4.78, 5) is 11.7. The van der Waals surface area contributed by atoms with Crippen LogP contribution in [0.3, 0.4) is 0 Å². The molecule has 2 N–H and O–H groups in total.